The summed E-state index contributed by atoms with van der Waals surface area (Å²) in [7, 11) is 0. The molecule has 1 aromatic rings. The number of rotatable bonds is 1. The van der Waals surface area contributed by atoms with E-state index in [1.807, 2.05) is 0 Å². The Morgan fingerprint density at radius 3 is 1.91 bits per heavy atom. The van der Waals surface area contributed by atoms with E-state index in [0.717, 1.165) is 0 Å². The van der Waals surface area contributed by atoms with Gasteiger partial charge in [0.1, 0.15) is 5.69 Å². The fourth-order valence-corrected chi connectivity index (χ4v) is 1.51. The van der Waals surface area contributed by atoms with Crippen LogP contribution in [0.4, 0.5) is 5.69 Å². The summed E-state index contributed by atoms with van der Waals surface area (Å²) >= 11 is 16.7. The molecule has 5 heteroatoms. The lowest BCUT2D eigenvalue weighted by atomic mass is 10.3. The number of hydrogen-bond acceptors (Lipinski definition) is 2. The van der Waals surface area contributed by atoms with Crippen molar-refractivity contribution in [2.45, 2.75) is 0 Å². The van der Waals surface area contributed by atoms with Crippen molar-refractivity contribution >= 4 is 40.5 Å². The summed E-state index contributed by atoms with van der Waals surface area (Å²) in [5.41, 5.74) is 0.0257. The van der Waals surface area contributed by atoms with E-state index in [1.165, 1.54) is 12.1 Å². The summed E-state index contributed by atoms with van der Waals surface area (Å²) in [6.45, 7) is 0. The Morgan fingerprint density at radius 2 is 1.55 bits per heavy atom. The molecule has 0 bridgehead atoms. The van der Waals surface area contributed by atoms with Crippen LogP contribution in [-0.4, -0.2) is 0 Å². The maximum Gasteiger partial charge on any atom is 0.145 e. The van der Waals surface area contributed by atoms with Crippen molar-refractivity contribution in [2.24, 2.45) is 5.18 Å². The molecule has 0 unspecified atom stereocenters. The second-order valence-electron chi connectivity index (χ2n) is 1.81. The van der Waals surface area contributed by atoms with Gasteiger partial charge in [-0.3, -0.25) is 0 Å². The minimum atomic E-state index is 0.0257. The maximum absolute atomic E-state index is 10.1. The average molecular weight is 210 g/mol. The molecule has 1 aromatic carbocycles. The second kappa shape index (κ2) is 3.39. The Kier molecular flexibility index (Phi) is 2.71. The predicted molar refractivity (Wildman–Crippen MR) is 46.9 cm³/mol. The molecule has 58 valence electrons. The van der Waals surface area contributed by atoms with E-state index < -0.39 is 0 Å². The van der Waals surface area contributed by atoms with Gasteiger partial charge in [-0.1, -0.05) is 34.8 Å². The van der Waals surface area contributed by atoms with Gasteiger partial charge in [0.05, 0.1) is 10.0 Å². The minimum Gasteiger partial charge on any atom is -0.145 e. The first-order valence-corrected chi connectivity index (χ1v) is 3.76. The number of halogens is 3. The predicted octanol–water partition coefficient (Wildman–Crippen LogP) is 4.04. The zero-order valence-corrected chi connectivity index (χ0v) is 7.41. The molecule has 0 aliphatic heterocycles. The Balaban J connectivity index is 3.36. The molecule has 0 saturated carbocycles. The van der Waals surface area contributed by atoms with Crippen molar-refractivity contribution in [3.63, 3.8) is 0 Å². The third-order valence-electron chi connectivity index (χ3n) is 1.07. The molecule has 11 heavy (non-hydrogen) atoms. The molecule has 0 radical (unpaired) electrons. The van der Waals surface area contributed by atoms with Crippen molar-refractivity contribution in [3.8, 4) is 0 Å². The van der Waals surface area contributed by atoms with E-state index in [9.17, 15) is 4.91 Å². The van der Waals surface area contributed by atoms with Gasteiger partial charge in [-0.05, 0) is 17.3 Å². The molecule has 2 nitrogen and oxygen atoms in total. The number of nitrogens with zero attached hydrogens (tertiary/aromatic N) is 1. The third kappa shape index (κ3) is 1.83. The van der Waals surface area contributed by atoms with E-state index in [1.54, 1.807) is 0 Å². The normalized spacial score (nSPS) is 9.73. The van der Waals surface area contributed by atoms with Crippen LogP contribution < -0.4 is 0 Å². The topological polar surface area (TPSA) is 29.4 Å². The van der Waals surface area contributed by atoms with Gasteiger partial charge in [-0.15, -0.1) is 4.91 Å². The zero-order chi connectivity index (χ0) is 8.43. The molecular weight excluding hydrogens is 208 g/mol. The van der Waals surface area contributed by atoms with E-state index in [4.69, 9.17) is 34.8 Å². The molecule has 0 amide bonds. The van der Waals surface area contributed by atoms with E-state index in [0.29, 0.717) is 5.02 Å². The summed E-state index contributed by atoms with van der Waals surface area (Å²) in [5, 5.41) is 3.35. The molecule has 0 aliphatic carbocycles. The quantitative estimate of drug-likeness (QED) is 0.643. The minimum absolute atomic E-state index is 0.0257. The molecule has 1 rings (SSSR count). The molecule has 0 heterocycles. The Morgan fingerprint density at radius 1 is 1.09 bits per heavy atom. The lowest BCUT2D eigenvalue weighted by molar-refractivity contribution is 1.50. The Hall–Kier alpha value is -0.310. The largest absolute Gasteiger partial charge is 0.145 e. The molecule has 0 N–H and O–H groups in total. The first kappa shape index (κ1) is 8.78. The standard InChI is InChI=1S/C6H2Cl3NO/c7-3-1-4(8)6(10-11)5(9)2-3/h1-2H. The van der Waals surface area contributed by atoms with Gasteiger partial charge in [0, 0.05) is 5.02 Å². The highest BCUT2D eigenvalue weighted by atomic mass is 35.5. The monoisotopic (exact) mass is 209 g/mol. The number of nitroso groups, excluding NO2 is 1. The number of benzene rings is 1. The van der Waals surface area contributed by atoms with Gasteiger partial charge < -0.3 is 0 Å². The summed E-state index contributed by atoms with van der Waals surface area (Å²) in [6, 6.07) is 2.82. The zero-order valence-electron chi connectivity index (χ0n) is 5.14. The summed E-state index contributed by atoms with van der Waals surface area (Å²) in [6.07, 6.45) is 0. The van der Waals surface area contributed by atoms with Crippen LogP contribution >= 0.6 is 34.8 Å². The highest BCUT2D eigenvalue weighted by Crippen LogP contribution is 2.35. The molecular formula is C6H2Cl3NO. The SMILES string of the molecule is O=Nc1c(Cl)cc(Cl)cc1Cl. The highest BCUT2D eigenvalue weighted by Gasteiger charge is 2.06. The summed E-state index contributed by atoms with van der Waals surface area (Å²) in [5.74, 6) is 0. The fourth-order valence-electron chi connectivity index (χ4n) is 0.622. The van der Waals surface area contributed by atoms with Gasteiger partial charge in [0.2, 0.25) is 0 Å². The smallest absolute Gasteiger partial charge is 0.145 e. The van der Waals surface area contributed by atoms with E-state index in [2.05, 4.69) is 5.18 Å². The van der Waals surface area contributed by atoms with Crippen LogP contribution in [0.2, 0.25) is 15.1 Å². The van der Waals surface area contributed by atoms with Crippen LogP contribution in [0.1, 0.15) is 0 Å². The summed E-state index contributed by atoms with van der Waals surface area (Å²) < 4.78 is 0. The molecule has 0 aromatic heterocycles. The highest BCUT2D eigenvalue weighted by molar-refractivity contribution is 6.41. The van der Waals surface area contributed by atoms with Gasteiger partial charge in [-0.25, -0.2) is 0 Å². The number of hydrogen-bond donors (Lipinski definition) is 0. The first-order valence-electron chi connectivity index (χ1n) is 2.63. The van der Waals surface area contributed by atoms with Crippen LogP contribution in [0.15, 0.2) is 17.3 Å². The average Bonchev–Trinajstić information content (AvgIpc) is 1.85. The maximum atomic E-state index is 10.1. The van der Waals surface area contributed by atoms with Gasteiger partial charge >= 0.3 is 0 Å². The van der Waals surface area contributed by atoms with Crippen molar-refractivity contribution in [2.75, 3.05) is 0 Å². The lowest BCUT2D eigenvalue weighted by Gasteiger charge is -1.97. The van der Waals surface area contributed by atoms with Crippen molar-refractivity contribution in [3.05, 3.63) is 32.1 Å². The van der Waals surface area contributed by atoms with Gasteiger partial charge in [0.25, 0.3) is 0 Å². The van der Waals surface area contributed by atoms with Crippen LogP contribution in [0.25, 0.3) is 0 Å². The first-order chi connectivity index (χ1) is 5.15. The Labute approximate surface area is 78.0 Å². The summed E-state index contributed by atoms with van der Waals surface area (Å²) in [4.78, 5) is 10.1. The molecule has 0 saturated heterocycles. The second-order valence-corrected chi connectivity index (χ2v) is 3.06. The van der Waals surface area contributed by atoms with Gasteiger partial charge in [-0.2, -0.15) is 0 Å². The van der Waals surface area contributed by atoms with Crippen LogP contribution in [0, 0.1) is 4.91 Å². The van der Waals surface area contributed by atoms with E-state index in [-0.39, 0.29) is 15.7 Å². The third-order valence-corrected chi connectivity index (χ3v) is 1.87. The van der Waals surface area contributed by atoms with Crippen LogP contribution in [-0.2, 0) is 0 Å². The molecule has 0 aliphatic rings. The lowest BCUT2D eigenvalue weighted by Crippen LogP contribution is -1.70. The van der Waals surface area contributed by atoms with Crippen LogP contribution in [0.5, 0.6) is 0 Å². The van der Waals surface area contributed by atoms with Gasteiger partial charge in [0.15, 0.2) is 0 Å². The van der Waals surface area contributed by atoms with Crippen molar-refractivity contribution in [1.82, 2.24) is 0 Å². The van der Waals surface area contributed by atoms with E-state index >= 15 is 0 Å². The van der Waals surface area contributed by atoms with Crippen molar-refractivity contribution < 1.29 is 0 Å². The molecule has 0 spiro atoms. The Bertz CT molecular complexity index is 277. The fraction of sp³-hybridized carbons (Fsp3) is 0. The van der Waals surface area contributed by atoms with Crippen molar-refractivity contribution in [1.29, 1.82) is 0 Å². The van der Waals surface area contributed by atoms with Crippen LogP contribution in [0.3, 0.4) is 0 Å². The molecule has 0 atom stereocenters. The molecule has 0 fully saturated rings.